The lowest BCUT2D eigenvalue weighted by Crippen LogP contribution is -1.95. The smallest absolute Gasteiger partial charge is 0.172 e. The topological polar surface area (TPSA) is 41.6 Å². The minimum absolute atomic E-state index is 0.603. The zero-order valence-corrected chi connectivity index (χ0v) is 12.1. The van der Waals surface area contributed by atoms with Crippen molar-refractivity contribution in [2.75, 3.05) is 5.75 Å². The molecule has 0 radical (unpaired) electrons. The van der Waals surface area contributed by atoms with Crippen LogP contribution >= 0.6 is 27.7 Å². The van der Waals surface area contributed by atoms with E-state index in [-0.39, 0.29) is 0 Å². The summed E-state index contributed by atoms with van der Waals surface area (Å²) >= 11 is 5.11. The third-order valence-electron chi connectivity index (χ3n) is 2.38. The highest BCUT2D eigenvalue weighted by Gasteiger charge is 2.05. The molecule has 3 nitrogen and oxygen atoms in total. The van der Waals surface area contributed by atoms with Crippen LogP contribution in [0.25, 0.3) is 5.69 Å². The maximum absolute atomic E-state index is 8.50. The van der Waals surface area contributed by atoms with Gasteiger partial charge in [0.2, 0.25) is 0 Å². The Bertz CT molecular complexity index is 542. The van der Waals surface area contributed by atoms with Crippen LogP contribution in [0.1, 0.15) is 12.8 Å². The van der Waals surface area contributed by atoms with Gasteiger partial charge in [-0.05, 0) is 30.7 Å². The molecule has 0 atom stereocenters. The summed E-state index contributed by atoms with van der Waals surface area (Å²) in [5.74, 6) is 0.918. The number of aromatic nitrogens is 2. The van der Waals surface area contributed by atoms with Gasteiger partial charge >= 0.3 is 0 Å². The van der Waals surface area contributed by atoms with Gasteiger partial charge in [0, 0.05) is 34.7 Å². The van der Waals surface area contributed by atoms with Crippen LogP contribution in [0.5, 0.6) is 0 Å². The monoisotopic (exact) mass is 321 g/mol. The molecule has 0 N–H and O–H groups in total. The predicted molar refractivity (Wildman–Crippen MR) is 76.8 cm³/mol. The number of benzene rings is 1. The average molecular weight is 322 g/mol. The first-order chi connectivity index (χ1) is 8.81. The third-order valence-corrected chi connectivity index (χ3v) is 3.96. The van der Waals surface area contributed by atoms with Gasteiger partial charge in [0.05, 0.1) is 6.07 Å². The van der Waals surface area contributed by atoms with Crippen LogP contribution in [0.15, 0.2) is 46.3 Å². The Hall–Kier alpha value is -1.25. The summed E-state index contributed by atoms with van der Waals surface area (Å²) in [6, 6.07) is 10.3. The van der Waals surface area contributed by atoms with Gasteiger partial charge in [-0.3, -0.25) is 4.57 Å². The quantitative estimate of drug-likeness (QED) is 0.616. The van der Waals surface area contributed by atoms with Crippen LogP contribution in [-0.2, 0) is 0 Å². The fraction of sp³-hybridized carbons (Fsp3) is 0.231. The molecule has 5 heteroatoms. The number of nitriles is 1. The molecule has 1 aromatic carbocycles. The lowest BCUT2D eigenvalue weighted by molar-refractivity contribution is 0.888. The molecule has 0 aliphatic carbocycles. The van der Waals surface area contributed by atoms with Gasteiger partial charge in [0.15, 0.2) is 5.16 Å². The van der Waals surface area contributed by atoms with Crippen LogP contribution in [0.4, 0.5) is 0 Å². The second kappa shape index (κ2) is 6.62. The lowest BCUT2D eigenvalue weighted by Gasteiger charge is -2.07. The van der Waals surface area contributed by atoms with E-state index in [1.165, 1.54) is 0 Å². The average Bonchev–Trinajstić information content (AvgIpc) is 2.84. The number of hydrogen-bond acceptors (Lipinski definition) is 3. The number of imidazole rings is 1. The number of nitrogens with zero attached hydrogens (tertiary/aromatic N) is 3. The van der Waals surface area contributed by atoms with Crippen molar-refractivity contribution in [2.45, 2.75) is 18.0 Å². The van der Waals surface area contributed by atoms with Gasteiger partial charge in [0.1, 0.15) is 0 Å². The number of rotatable bonds is 5. The second-order valence-electron chi connectivity index (χ2n) is 3.67. The Morgan fingerprint density at radius 1 is 1.33 bits per heavy atom. The number of unbranched alkanes of at least 4 members (excludes halogenated alkanes) is 1. The molecule has 2 rings (SSSR count). The first-order valence-corrected chi connectivity index (χ1v) is 7.38. The normalized spacial score (nSPS) is 10.2. The van der Waals surface area contributed by atoms with E-state index in [0.29, 0.717) is 6.42 Å². The van der Waals surface area contributed by atoms with Crippen LogP contribution in [0, 0.1) is 11.3 Å². The molecule has 92 valence electrons. The van der Waals surface area contributed by atoms with Crippen molar-refractivity contribution in [1.82, 2.24) is 9.55 Å². The van der Waals surface area contributed by atoms with E-state index in [0.717, 1.165) is 27.5 Å². The van der Waals surface area contributed by atoms with E-state index in [9.17, 15) is 0 Å². The molecule has 0 fully saturated rings. The van der Waals surface area contributed by atoms with Crippen molar-refractivity contribution in [3.8, 4) is 11.8 Å². The Morgan fingerprint density at radius 3 is 2.83 bits per heavy atom. The van der Waals surface area contributed by atoms with E-state index in [1.54, 1.807) is 18.0 Å². The highest BCUT2D eigenvalue weighted by Crippen LogP contribution is 2.22. The van der Waals surface area contributed by atoms with E-state index < -0.39 is 0 Å². The summed E-state index contributed by atoms with van der Waals surface area (Å²) in [7, 11) is 0. The molecule has 0 aliphatic rings. The minimum atomic E-state index is 0.603. The number of hydrogen-bond donors (Lipinski definition) is 0. The van der Waals surface area contributed by atoms with E-state index in [2.05, 4.69) is 31.6 Å². The molecule has 2 aromatic rings. The van der Waals surface area contributed by atoms with Crippen molar-refractivity contribution in [1.29, 1.82) is 5.26 Å². The SMILES string of the molecule is N#CCCCSc1nccn1-c1ccc(Br)cc1. The van der Waals surface area contributed by atoms with Crippen LogP contribution in [0.2, 0.25) is 0 Å². The summed E-state index contributed by atoms with van der Waals surface area (Å²) in [6.07, 6.45) is 5.25. The maximum atomic E-state index is 8.50. The molecule has 0 unspecified atom stereocenters. The van der Waals surface area contributed by atoms with E-state index in [4.69, 9.17) is 5.26 Å². The lowest BCUT2D eigenvalue weighted by atomic mass is 10.3. The zero-order chi connectivity index (χ0) is 12.8. The highest BCUT2D eigenvalue weighted by atomic mass is 79.9. The fourth-order valence-electron chi connectivity index (χ4n) is 1.51. The van der Waals surface area contributed by atoms with Gasteiger partial charge in [0.25, 0.3) is 0 Å². The predicted octanol–water partition coefficient (Wildman–Crippen LogP) is 4.03. The van der Waals surface area contributed by atoms with Gasteiger partial charge in [-0.15, -0.1) is 0 Å². The van der Waals surface area contributed by atoms with Gasteiger partial charge in [-0.2, -0.15) is 5.26 Å². The van der Waals surface area contributed by atoms with Gasteiger partial charge in [-0.25, -0.2) is 4.98 Å². The first kappa shape index (κ1) is 13.2. The summed E-state index contributed by atoms with van der Waals surface area (Å²) in [5.41, 5.74) is 1.10. The van der Waals surface area contributed by atoms with Crippen LogP contribution in [-0.4, -0.2) is 15.3 Å². The third kappa shape index (κ3) is 3.37. The largest absolute Gasteiger partial charge is 0.295 e. The Kier molecular flexibility index (Phi) is 4.85. The van der Waals surface area contributed by atoms with Crippen molar-refractivity contribution in [3.63, 3.8) is 0 Å². The molecule has 0 saturated heterocycles. The molecular formula is C13H12BrN3S. The van der Waals surface area contributed by atoms with Crippen LogP contribution in [0.3, 0.4) is 0 Å². The van der Waals surface area contributed by atoms with Gasteiger partial charge < -0.3 is 0 Å². The van der Waals surface area contributed by atoms with Crippen molar-refractivity contribution >= 4 is 27.7 Å². The molecule has 0 bridgehead atoms. The highest BCUT2D eigenvalue weighted by molar-refractivity contribution is 9.10. The van der Waals surface area contributed by atoms with Crippen molar-refractivity contribution < 1.29 is 0 Å². The first-order valence-electron chi connectivity index (χ1n) is 5.60. The van der Waals surface area contributed by atoms with E-state index in [1.807, 2.05) is 30.5 Å². The zero-order valence-electron chi connectivity index (χ0n) is 9.71. The molecule has 1 heterocycles. The number of halogens is 1. The molecule has 0 amide bonds. The summed E-state index contributed by atoms with van der Waals surface area (Å²) in [6.45, 7) is 0. The molecule has 1 aromatic heterocycles. The molecule has 0 spiro atoms. The minimum Gasteiger partial charge on any atom is -0.295 e. The standard InChI is InChI=1S/C13H12BrN3S/c14-11-3-5-12(6-4-11)17-9-8-16-13(17)18-10-2-1-7-15/h3-6,8-9H,1-2,10H2. The Balaban J connectivity index is 2.08. The van der Waals surface area contributed by atoms with E-state index >= 15 is 0 Å². The Labute approximate surface area is 119 Å². The molecule has 18 heavy (non-hydrogen) atoms. The summed E-state index contributed by atoms with van der Waals surface area (Å²) < 4.78 is 3.12. The fourth-order valence-corrected chi connectivity index (χ4v) is 2.69. The van der Waals surface area contributed by atoms with Crippen molar-refractivity contribution in [3.05, 3.63) is 41.1 Å². The summed E-state index contributed by atoms with van der Waals surface area (Å²) in [5, 5.41) is 9.47. The van der Waals surface area contributed by atoms with Gasteiger partial charge in [-0.1, -0.05) is 27.7 Å². The molecular weight excluding hydrogens is 310 g/mol. The molecule has 0 saturated carbocycles. The molecule has 0 aliphatic heterocycles. The van der Waals surface area contributed by atoms with Crippen LogP contribution < -0.4 is 0 Å². The maximum Gasteiger partial charge on any atom is 0.172 e. The number of thioether (sulfide) groups is 1. The van der Waals surface area contributed by atoms with Crippen molar-refractivity contribution in [2.24, 2.45) is 0 Å². The summed E-state index contributed by atoms with van der Waals surface area (Å²) in [4.78, 5) is 4.34. The second-order valence-corrected chi connectivity index (χ2v) is 5.64. The Morgan fingerprint density at radius 2 is 2.11 bits per heavy atom.